The van der Waals surface area contributed by atoms with Crippen LogP contribution in [0.3, 0.4) is 0 Å². The summed E-state index contributed by atoms with van der Waals surface area (Å²) in [6.07, 6.45) is 19.0. The number of anilines is 1. The first-order valence-electron chi connectivity index (χ1n) is 9.47. The summed E-state index contributed by atoms with van der Waals surface area (Å²) in [7, 11) is 0. The van der Waals surface area contributed by atoms with Crippen LogP contribution in [-0.2, 0) is 11.2 Å². The Hall–Kier alpha value is -0.870. The van der Waals surface area contributed by atoms with Gasteiger partial charge in [-0.05, 0) is 51.4 Å². The van der Waals surface area contributed by atoms with Crippen molar-refractivity contribution in [1.29, 1.82) is 0 Å². The summed E-state index contributed by atoms with van der Waals surface area (Å²) in [5, 5.41) is 4.84. The van der Waals surface area contributed by atoms with E-state index in [-0.39, 0.29) is 6.10 Å². The number of rotatable bonds is 4. The van der Waals surface area contributed by atoms with Crippen LogP contribution in [-0.4, -0.2) is 17.1 Å². The van der Waals surface area contributed by atoms with Crippen LogP contribution in [0.5, 0.6) is 0 Å². The average Bonchev–Trinajstić information content (AvgIpc) is 3.00. The zero-order chi connectivity index (χ0) is 15.5. The zero-order valence-corrected chi connectivity index (χ0v) is 14.7. The highest BCUT2D eigenvalue weighted by Crippen LogP contribution is 2.40. The maximum Gasteiger partial charge on any atom is 0.183 e. The quantitative estimate of drug-likeness (QED) is 0.751. The molecule has 4 heteroatoms. The van der Waals surface area contributed by atoms with Crippen molar-refractivity contribution in [3.8, 4) is 0 Å². The number of hydrogen-bond donors (Lipinski definition) is 1. The lowest BCUT2D eigenvalue weighted by atomic mass is 9.96. The highest BCUT2D eigenvalue weighted by Gasteiger charge is 2.28. The van der Waals surface area contributed by atoms with E-state index >= 15 is 0 Å². The zero-order valence-electron chi connectivity index (χ0n) is 13.9. The molecule has 1 heterocycles. The molecule has 3 aliphatic rings. The molecule has 1 saturated carbocycles. The molecule has 1 N–H and O–H groups in total. The number of allylic oxidation sites excluding steroid dienone is 1. The van der Waals surface area contributed by atoms with E-state index in [0.717, 1.165) is 18.0 Å². The van der Waals surface area contributed by atoms with E-state index in [0.29, 0.717) is 12.1 Å². The van der Waals surface area contributed by atoms with Crippen LogP contribution < -0.4 is 5.32 Å². The second-order valence-electron chi connectivity index (χ2n) is 7.22. The summed E-state index contributed by atoms with van der Waals surface area (Å²) in [6.45, 7) is 0. The lowest BCUT2D eigenvalue weighted by Crippen LogP contribution is -2.22. The summed E-state index contributed by atoms with van der Waals surface area (Å²) in [5.74, 6) is 0. The predicted molar refractivity (Wildman–Crippen MR) is 96.2 cm³/mol. The molecule has 3 aliphatic carbocycles. The van der Waals surface area contributed by atoms with E-state index in [9.17, 15) is 0 Å². The minimum Gasteiger partial charge on any atom is -0.365 e. The van der Waals surface area contributed by atoms with Gasteiger partial charge in [-0.1, -0.05) is 42.8 Å². The molecule has 0 radical (unpaired) electrons. The molecule has 126 valence electrons. The molecule has 0 amide bonds. The van der Waals surface area contributed by atoms with Crippen molar-refractivity contribution < 1.29 is 4.74 Å². The Balaban J connectivity index is 1.44. The summed E-state index contributed by atoms with van der Waals surface area (Å²) in [5.41, 5.74) is 1.30. The van der Waals surface area contributed by atoms with Crippen molar-refractivity contribution in [1.82, 2.24) is 4.98 Å². The number of aromatic nitrogens is 1. The van der Waals surface area contributed by atoms with Gasteiger partial charge in [-0.15, -0.1) is 0 Å². The first-order chi connectivity index (χ1) is 11.4. The van der Waals surface area contributed by atoms with Crippen LogP contribution in [0, 0.1) is 0 Å². The van der Waals surface area contributed by atoms with E-state index in [2.05, 4.69) is 17.5 Å². The molecule has 0 bridgehead atoms. The molecule has 0 aromatic carbocycles. The minimum atomic E-state index is 0.269. The van der Waals surface area contributed by atoms with Gasteiger partial charge in [-0.25, -0.2) is 4.98 Å². The fraction of sp³-hybridized carbons (Fsp3) is 0.737. The summed E-state index contributed by atoms with van der Waals surface area (Å²) < 4.78 is 6.42. The molecule has 0 aliphatic heterocycles. The van der Waals surface area contributed by atoms with Gasteiger partial charge in [-0.2, -0.15) is 0 Å². The molecule has 3 nitrogen and oxygen atoms in total. The van der Waals surface area contributed by atoms with Crippen LogP contribution in [0.4, 0.5) is 5.13 Å². The molecule has 1 aromatic heterocycles. The Kier molecular flexibility index (Phi) is 5.00. The first kappa shape index (κ1) is 15.6. The fourth-order valence-corrected chi connectivity index (χ4v) is 5.26. The number of ether oxygens (including phenoxy) is 1. The van der Waals surface area contributed by atoms with Crippen molar-refractivity contribution in [3.63, 3.8) is 0 Å². The van der Waals surface area contributed by atoms with Gasteiger partial charge >= 0.3 is 0 Å². The van der Waals surface area contributed by atoms with Crippen molar-refractivity contribution >= 4 is 16.5 Å². The molecule has 1 fully saturated rings. The fourth-order valence-electron chi connectivity index (χ4n) is 4.10. The topological polar surface area (TPSA) is 34.1 Å². The van der Waals surface area contributed by atoms with Crippen LogP contribution in [0.1, 0.15) is 80.9 Å². The Labute approximate surface area is 143 Å². The average molecular weight is 333 g/mol. The monoisotopic (exact) mass is 332 g/mol. The van der Waals surface area contributed by atoms with E-state index in [1.165, 1.54) is 68.4 Å². The van der Waals surface area contributed by atoms with E-state index in [1.54, 1.807) is 0 Å². The second kappa shape index (κ2) is 7.35. The highest BCUT2D eigenvalue weighted by molar-refractivity contribution is 7.15. The number of hydrogen-bond acceptors (Lipinski definition) is 4. The van der Waals surface area contributed by atoms with Crippen LogP contribution in [0.2, 0.25) is 0 Å². The largest absolute Gasteiger partial charge is 0.365 e. The van der Waals surface area contributed by atoms with Gasteiger partial charge in [-0.3, -0.25) is 0 Å². The standard InChI is InChI=1S/C19H28N2OS/c1-3-8-14(9-4-1)20-19-21-16-12-7-13-17(18(16)23-19)22-15-10-5-2-6-11-15/h5,10,14-15,17H,1-4,6-9,11-13H2,(H,20,21). The van der Waals surface area contributed by atoms with Gasteiger partial charge in [0.25, 0.3) is 0 Å². The lowest BCUT2D eigenvalue weighted by Gasteiger charge is -2.27. The Bertz CT molecular complexity index is 548. The highest BCUT2D eigenvalue weighted by atomic mass is 32.1. The third kappa shape index (κ3) is 3.80. The van der Waals surface area contributed by atoms with Crippen molar-refractivity contribution in [2.75, 3.05) is 5.32 Å². The number of aryl methyl sites for hydroxylation is 1. The van der Waals surface area contributed by atoms with Gasteiger partial charge in [0.15, 0.2) is 5.13 Å². The predicted octanol–water partition coefficient (Wildman–Crippen LogP) is 5.39. The molecular weight excluding hydrogens is 304 g/mol. The van der Waals surface area contributed by atoms with Gasteiger partial charge in [0.1, 0.15) is 0 Å². The lowest BCUT2D eigenvalue weighted by molar-refractivity contribution is -0.00228. The van der Waals surface area contributed by atoms with E-state index in [4.69, 9.17) is 9.72 Å². The van der Waals surface area contributed by atoms with Crippen LogP contribution in [0.15, 0.2) is 12.2 Å². The maximum atomic E-state index is 6.42. The number of fused-ring (bicyclic) bond motifs is 1. The van der Waals surface area contributed by atoms with Crippen LogP contribution in [0.25, 0.3) is 0 Å². The van der Waals surface area contributed by atoms with Gasteiger partial charge in [0.2, 0.25) is 0 Å². The smallest absolute Gasteiger partial charge is 0.183 e. The molecule has 1 aromatic rings. The van der Waals surface area contributed by atoms with Gasteiger partial charge in [0, 0.05) is 6.04 Å². The van der Waals surface area contributed by atoms with E-state index < -0.39 is 0 Å². The van der Waals surface area contributed by atoms with Crippen molar-refractivity contribution in [2.24, 2.45) is 0 Å². The normalized spacial score (nSPS) is 28.5. The summed E-state index contributed by atoms with van der Waals surface area (Å²) in [6, 6.07) is 0.636. The SMILES string of the molecule is C1=CC(OC2CCCc3nc(NC4CCCCC4)sc32)CCC1. The van der Waals surface area contributed by atoms with Crippen molar-refractivity contribution in [2.45, 2.75) is 88.9 Å². The number of nitrogens with zero attached hydrogens (tertiary/aromatic N) is 1. The number of thiazole rings is 1. The molecule has 2 atom stereocenters. The third-order valence-corrected chi connectivity index (χ3v) is 6.50. The molecule has 2 unspecified atom stereocenters. The first-order valence-corrected chi connectivity index (χ1v) is 10.3. The molecular formula is C19H28N2OS. The molecule has 0 spiro atoms. The molecule has 4 rings (SSSR count). The Morgan fingerprint density at radius 3 is 2.78 bits per heavy atom. The summed E-state index contributed by atoms with van der Waals surface area (Å²) in [4.78, 5) is 6.29. The van der Waals surface area contributed by atoms with E-state index in [1.807, 2.05) is 11.3 Å². The van der Waals surface area contributed by atoms with Gasteiger partial charge < -0.3 is 10.1 Å². The second-order valence-corrected chi connectivity index (χ2v) is 8.25. The third-order valence-electron chi connectivity index (χ3n) is 5.38. The maximum absolute atomic E-state index is 6.42. The summed E-state index contributed by atoms with van der Waals surface area (Å²) >= 11 is 1.85. The Morgan fingerprint density at radius 1 is 1.04 bits per heavy atom. The van der Waals surface area contributed by atoms with Gasteiger partial charge in [0.05, 0.1) is 22.8 Å². The molecule has 23 heavy (non-hydrogen) atoms. The van der Waals surface area contributed by atoms with Crippen molar-refractivity contribution in [3.05, 3.63) is 22.7 Å². The Morgan fingerprint density at radius 2 is 1.96 bits per heavy atom. The minimum absolute atomic E-state index is 0.269. The van der Waals surface area contributed by atoms with Crippen LogP contribution >= 0.6 is 11.3 Å². The number of nitrogens with one attached hydrogen (secondary N) is 1. The molecule has 0 saturated heterocycles.